The van der Waals surface area contributed by atoms with Gasteiger partial charge >= 0.3 is 0 Å². The quantitative estimate of drug-likeness (QED) is 0.455. The molecule has 0 spiro atoms. The summed E-state index contributed by atoms with van der Waals surface area (Å²) < 4.78 is 10.9. The molecule has 0 aliphatic heterocycles. The second kappa shape index (κ2) is 12.2. The predicted octanol–water partition coefficient (Wildman–Crippen LogP) is 3.85. The SMILES string of the molecule is CCOCCOc1c(Cl)cccc1NCC(=O)NCC(=O)Nc1c(C)cc(C)cc1C. The maximum absolute atomic E-state index is 12.3. The van der Waals surface area contributed by atoms with Crippen LogP contribution in [0.15, 0.2) is 30.3 Å². The molecule has 168 valence electrons. The van der Waals surface area contributed by atoms with Gasteiger partial charge in [-0.3, -0.25) is 9.59 Å². The summed E-state index contributed by atoms with van der Waals surface area (Å²) in [6, 6.07) is 9.25. The Bertz CT molecular complexity index is 895. The van der Waals surface area contributed by atoms with E-state index >= 15 is 0 Å². The van der Waals surface area contributed by atoms with Crippen LogP contribution >= 0.6 is 11.6 Å². The molecule has 0 bridgehead atoms. The Morgan fingerprint density at radius 1 is 1.00 bits per heavy atom. The molecule has 2 amide bonds. The number of carbonyl (C=O) groups excluding carboxylic acids is 2. The predicted molar refractivity (Wildman–Crippen MR) is 124 cm³/mol. The van der Waals surface area contributed by atoms with Crippen LogP contribution in [0.2, 0.25) is 5.02 Å². The van der Waals surface area contributed by atoms with Crippen molar-refractivity contribution in [3.8, 4) is 5.75 Å². The van der Waals surface area contributed by atoms with Crippen molar-refractivity contribution < 1.29 is 19.1 Å². The highest BCUT2D eigenvalue weighted by atomic mass is 35.5. The topological polar surface area (TPSA) is 88.7 Å². The van der Waals surface area contributed by atoms with Crippen molar-refractivity contribution in [3.05, 3.63) is 52.0 Å². The van der Waals surface area contributed by atoms with Crippen molar-refractivity contribution >= 4 is 34.8 Å². The minimum absolute atomic E-state index is 0.0297. The summed E-state index contributed by atoms with van der Waals surface area (Å²) in [6.45, 7) is 9.03. The fourth-order valence-electron chi connectivity index (χ4n) is 3.12. The van der Waals surface area contributed by atoms with Gasteiger partial charge < -0.3 is 25.4 Å². The van der Waals surface area contributed by atoms with E-state index in [0.717, 1.165) is 22.4 Å². The Morgan fingerprint density at radius 2 is 1.71 bits per heavy atom. The van der Waals surface area contributed by atoms with Gasteiger partial charge in [0.1, 0.15) is 6.61 Å². The van der Waals surface area contributed by atoms with Crippen LogP contribution in [-0.2, 0) is 14.3 Å². The lowest BCUT2D eigenvalue weighted by Gasteiger charge is -2.15. The monoisotopic (exact) mass is 447 g/mol. The fourth-order valence-corrected chi connectivity index (χ4v) is 3.35. The van der Waals surface area contributed by atoms with Crippen molar-refractivity contribution in [2.75, 3.05) is 43.5 Å². The molecule has 3 N–H and O–H groups in total. The molecule has 0 saturated carbocycles. The Kier molecular flexibility index (Phi) is 9.62. The second-order valence-electron chi connectivity index (χ2n) is 7.11. The number of benzene rings is 2. The lowest BCUT2D eigenvalue weighted by molar-refractivity contribution is -0.122. The Morgan fingerprint density at radius 3 is 2.39 bits per heavy atom. The summed E-state index contributed by atoms with van der Waals surface area (Å²) in [4.78, 5) is 24.5. The van der Waals surface area contributed by atoms with Gasteiger partial charge in [-0.25, -0.2) is 0 Å². The van der Waals surface area contributed by atoms with E-state index in [2.05, 4.69) is 16.0 Å². The number of carbonyl (C=O) groups is 2. The molecular formula is C23H30ClN3O4. The highest BCUT2D eigenvalue weighted by Gasteiger charge is 2.12. The van der Waals surface area contributed by atoms with Crippen molar-refractivity contribution in [3.63, 3.8) is 0 Å². The smallest absolute Gasteiger partial charge is 0.243 e. The third kappa shape index (κ3) is 7.77. The van der Waals surface area contributed by atoms with Crippen molar-refractivity contribution in [1.82, 2.24) is 5.32 Å². The maximum Gasteiger partial charge on any atom is 0.243 e. The average molecular weight is 448 g/mol. The van der Waals surface area contributed by atoms with Gasteiger partial charge in [0, 0.05) is 12.3 Å². The zero-order valence-electron chi connectivity index (χ0n) is 18.4. The van der Waals surface area contributed by atoms with Gasteiger partial charge in [0.05, 0.1) is 30.4 Å². The first-order valence-electron chi connectivity index (χ1n) is 10.2. The number of halogens is 1. The van der Waals surface area contributed by atoms with E-state index in [9.17, 15) is 9.59 Å². The summed E-state index contributed by atoms with van der Waals surface area (Å²) in [5.74, 6) is -0.154. The number of aryl methyl sites for hydroxylation is 3. The molecule has 0 fully saturated rings. The standard InChI is InChI=1S/C23H30ClN3O4/c1-5-30-9-10-31-23-18(24)7-6-8-19(23)25-13-20(28)26-14-21(29)27-22-16(3)11-15(2)12-17(22)4/h6-8,11-12,25H,5,9-10,13-14H2,1-4H3,(H,26,28)(H,27,29). The molecule has 2 rings (SSSR count). The number of amides is 2. The molecule has 2 aromatic carbocycles. The summed E-state index contributed by atoms with van der Waals surface area (Å²) in [6.07, 6.45) is 0. The van der Waals surface area contributed by atoms with E-state index in [1.165, 1.54) is 0 Å². The second-order valence-corrected chi connectivity index (χ2v) is 7.52. The molecule has 0 unspecified atom stereocenters. The highest BCUT2D eigenvalue weighted by Crippen LogP contribution is 2.32. The average Bonchev–Trinajstić information content (AvgIpc) is 2.72. The number of hydrogen-bond donors (Lipinski definition) is 3. The minimum Gasteiger partial charge on any atom is -0.487 e. The Hall–Kier alpha value is -2.77. The summed E-state index contributed by atoms with van der Waals surface area (Å²) in [7, 11) is 0. The number of rotatable bonds is 11. The number of para-hydroxylation sites is 1. The summed E-state index contributed by atoms with van der Waals surface area (Å²) >= 11 is 6.21. The van der Waals surface area contributed by atoms with E-state index in [0.29, 0.717) is 36.3 Å². The fraction of sp³-hybridized carbons (Fsp3) is 0.391. The van der Waals surface area contributed by atoms with E-state index < -0.39 is 0 Å². The van der Waals surface area contributed by atoms with E-state index in [-0.39, 0.29) is 24.9 Å². The summed E-state index contributed by atoms with van der Waals surface area (Å²) in [5.41, 5.74) is 4.47. The maximum atomic E-state index is 12.3. The van der Waals surface area contributed by atoms with Gasteiger partial charge in [-0.05, 0) is 51.0 Å². The van der Waals surface area contributed by atoms with Crippen LogP contribution in [0.3, 0.4) is 0 Å². The number of ether oxygens (including phenoxy) is 2. The number of nitrogens with one attached hydrogen (secondary N) is 3. The van der Waals surface area contributed by atoms with Crippen molar-refractivity contribution in [1.29, 1.82) is 0 Å². The molecule has 0 aliphatic rings. The lowest BCUT2D eigenvalue weighted by atomic mass is 10.1. The number of anilines is 2. The molecule has 0 aliphatic carbocycles. The minimum atomic E-state index is -0.326. The van der Waals surface area contributed by atoms with E-state index in [4.69, 9.17) is 21.1 Å². The Labute approximate surface area is 188 Å². The largest absolute Gasteiger partial charge is 0.487 e. The first-order valence-corrected chi connectivity index (χ1v) is 10.6. The van der Waals surface area contributed by atoms with Crippen LogP contribution in [-0.4, -0.2) is 44.7 Å². The van der Waals surface area contributed by atoms with Gasteiger partial charge in [-0.1, -0.05) is 35.4 Å². The molecule has 7 nitrogen and oxygen atoms in total. The van der Waals surface area contributed by atoms with Crippen LogP contribution in [0.4, 0.5) is 11.4 Å². The highest BCUT2D eigenvalue weighted by molar-refractivity contribution is 6.32. The molecule has 0 aromatic heterocycles. The molecule has 0 saturated heterocycles. The molecule has 0 heterocycles. The third-order valence-corrected chi connectivity index (χ3v) is 4.77. The molecule has 31 heavy (non-hydrogen) atoms. The van der Waals surface area contributed by atoms with Crippen molar-refractivity contribution in [2.24, 2.45) is 0 Å². The normalized spacial score (nSPS) is 10.5. The van der Waals surface area contributed by atoms with E-state index in [1.807, 2.05) is 39.8 Å². The van der Waals surface area contributed by atoms with Gasteiger partial charge in [-0.15, -0.1) is 0 Å². The lowest BCUT2D eigenvalue weighted by Crippen LogP contribution is -2.36. The molecular weight excluding hydrogens is 418 g/mol. The van der Waals surface area contributed by atoms with Gasteiger partial charge in [0.15, 0.2) is 5.75 Å². The first kappa shape index (κ1) is 24.5. The van der Waals surface area contributed by atoms with Gasteiger partial charge in [-0.2, -0.15) is 0 Å². The van der Waals surface area contributed by atoms with Crippen LogP contribution in [0.25, 0.3) is 0 Å². The summed E-state index contributed by atoms with van der Waals surface area (Å²) in [5, 5.41) is 8.91. The molecule has 2 aromatic rings. The zero-order valence-corrected chi connectivity index (χ0v) is 19.2. The zero-order chi connectivity index (χ0) is 22.8. The third-order valence-electron chi connectivity index (χ3n) is 4.47. The van der Waals surface area contributed by atoms with Crippen LogP contribution in [0.1, 0.15) is 23.6 Å². The van der Waals surface area contributed by atoms with Crippen LogP contribution < -0.4 is 20.7 Å². The number of hydrogen-bond acceptors (Lipinski definition) is 5. The first-order chi connectivity index (χ1) is 14.8. The van der Waals surface area contributed by atoms with Crippen molar-refractivity contribution in [2.45, 2.75) is 27.7 Å². The van der Waals surface area contributed by atoms with Crippen LogP contribution in [0, 0.1) is 20.8 Å². The molecule has 0 radical (unpaired) electrons. The molecule has 0 atom stereocenters. The molecule has 8 heteroatoms. The van der Waals surface area contributed by atoms with Gasteiger partial charge in [0.2, 0.25) is 11.8 Å². The van der Waals surface area contributed by atoms with Gasteiger partial charge in [0.25, 0.3) is 0 Å². The van der Waals surface area contributed by atoms with Crippen LogP contribution in [0.5, 0.6) is 5.75 Å². The van der Waals surface area contributed by atoms with E-state index in [1.54, 1.807) is 18.2 Å². The Balaban J connectivity index is 1.84.